The van der Waals surface area contributed by atoms with Gasteiger partial charge in [-0.15, -0.1) is 5.10 Å². The number of anilines is 2. The lowest BCUT2D eigenvalue weighted by atomic mass is 9.89. The summed E-state index contributed by atoms with van der Waals surface area (Å²) in [5.41, 5.74) is 9.73. The van der Waals surface area contributed by atoms with Gasteiger partial charge in [0.25, 0.3) is 0 Å². The summed E-state index contributed by atoms with van der Waals surface area (Å²) < 4.78 is 8.83. The highest BCUT2D eigenvalue weighted by molar-refractivity contribution is 5.93. The standard InChI is InChI=1S/C24H32N8O2/c1-13-8-17(11-30(10-13)21-12-31(28-14(21)2)15(3)16(4)33)22-27-23-19-7-6-18(34-5)9-20(19)26-24(25)32(23)29-22/h6-7,9,12-13,15-17,33H,8,10-11H2,1-5H3,(H2,25,26)/t13-,15-,16-,17+/m1/s1. The largest absolute Gasteiger partial charge is 0.497 e. The fourth-order valence-electron chi connectivity index (χ4n) is 4.87. The Morgan fingerprint density at radius 1 is 1.18 bits per heavy atom. The van der Waals surface area contributed by atoms with E-state index in [2.05, 4.69) is 21.9 Å². The van der Waals surface area contributed by atoms with Crippen LogP contribution in [0.15, 0.2) is 24.4 Å². The topological polar surface area (TPSA) is 120 Å². The van der Waals surface area contributed by atoms with Crippen LogP contribution in [0.5, 0.6) is 5.75 Å². The fraction of sp³-hybridized carbons (Fsp3) is 0.500. The average molecular weight is 465 g/mol. The van der Waals surface area contributed by atoms with Crippen molar-refractivity contribution >= 4 is 28.2 Å². The van der Waals surface area contributed by atoms with Crippen LogP contribution in [0, 0.1) is 12.8 Å². The van der Waals surface area contributed by atoms with Crippen molar-refractivity contribution in [2.24, 2.45) is 5.92 Å². The predicted octanol–water partition coefficient (Wildman–Crippen LogP) is 2.95. The quantitative estimate of drug-likeness (QED) is 0.463. The number of hydrogen-bond donors (Lipinski definition) is 2. The molecule has 0 spiro atoms. The van der Waals surface area contributed by atoms with Gasteiger partial charge in [0.15, 0.2) is 11.5 Å². The van der Waals surface area contributed by atoms with Crippen molar-refractivity contribution < 1.29 is 9.84 Å². The lowest BCUT2D eigenvalue weighted by molar-refractivity contribution is 0.132. The molecule has 34 heavy (non-hydrogen) atoms. The Morgan fingerprint density at radius 2 is 1.97 bits per heavy atom. The predicted molar refractivity (Wildman–Crippen MR) is 131 cm³/mol. The number of aromatic nitrogens is 6. The van der Waals surface area contributed by atoms with Crippen LogP contribution in [0.25, 0.3) is 16.6 Å². The van der Waals surface area contributed by atoms with Gasteiger partial charge in [0, 0.05) is 36.7 Å². The highest BCUT2D eigenvalue weighted by atomic mass is 16.5. The number of piperidine rings is 1. The monoisotopic (exact) mass is 464 g/mol. The summed E-state index contributed by atoms with van der Waals surface area (Å²) in [4.78, 5) is 11.8. The number of benzene rings is 1. The van der Waals surface area contributed by atoms with Gasteiger partial charge in [-0.25, -0.2) is 9.97 Å². The molecule has 1 fully saturated rings. The molecule has 3 N–H and O–H groups in total. The van der Waals surface area contributed by atoms with Crippen molar-refractivity contribution in [3.8, 4) is 5.75 Å². The third-order valence-corrected chi connectivity index (χ3v) is 6.89. The molecule has 10 heteroatoms. The summed E-state index contributed by atoms with van der Waals surface area (Å²) in [5.74, 6) is 2.41. The van der Waals surface area contributed by atoms with Crippen LogP contribution in [0.1, 0.15) is 50.7 Å². The van der Waals surface area contributed by atoms with Gasteiger partial charge in [0.1, 0.15) is 5.75 Å². The molecule has 3 aromatic heterocycles. The molecule has 0 radical (unpaired) electrons. The summed E-state index contributed by atoms with van der Waals surface area (Å²) in [6, 6.07) is 5.62. The van der Waals surface area contributed by atoms with Crippen molar-refractivity contribution in [1.82, 2.24) is 29.4 Å². The van der Waals surface area contributed by atoms with Crippen molar-refractivity contribution in [3.05, 3.63) is 35.9 Å². The van der Waals surface area contributed by atoms with E-state index < -0.39 is 6.10 Å². The van der Waals surface area contributed by atoms with Crippen LogP contribution in [0.2, 0.25) is 0 Å². The van der Waals surface area contributed by atoms with E-state index in [9.17, 15) is 5.11 Å². The number of aryl methyl sites for hydroxylation is 1. The van der Waals surface area contributed by atoms with Gasteiger partial charge in [0.05, 0.1) is 36.2 Å². The van der Waals surface area contributed by atoms with Crippen molar-refractivity contribution in [2.45, 2.75) is 52.2 Å². The molecule has 1 aromatic carbocycles. The van der Waals surface area contributed by atoms with Crippen LogP contribution in [-0.4, -0.2) is 60.8 Å². The van der Waals surface area contributed by atoms with E-state index in [4.69, 9.17) is 20.6 Å². The first kappa shape index (κ1) is 22.4. The van der Waals surface area contributed by atoms with Crippen LogP contribution in [-0.2, 0) is 0 Å². The minimum Gasteiger partial charge on any atom is -0.497 e. The number of aliphatic hydroxyl groups excluding tert-OH is 1. The molecule has 0 saturated carbocycles. The average Bonchev–Trinajstić information content (AvgIpc) is 3.42. The van der Waals surface area contributed by atoms with Crippen LogP contribution in [0.4, 0.5) is 11.6 Å². The Kier molecular flexibility index (Phi) is 5.55. The van der Waals surface area contributed by atoms with Crippen LogP contribution >= 0.6 is 0 Å². The third-order valence-electron chi connectivity index (χ3n) is 6.89. The lowest BCUT2D eigenvalue weighted by Crippen LogP contribution is -2.39. The molecular weight excluding hydrogens is 432 g/mol. The molecule has 1 aliphatic heterocycles. The van der Waals surface area contributed by atoms with E-state index in [1.54, 1.807) is 18.5 Å². The smallest absolute Gasteiger partial charge is 0.223 e. The van der Waals surface area contributed by atoms with E-state index in [1.807, 2.05) is 42.9 Å². The van der Waals surface area contributed by atoms with Gasteiger partial charge >= 0.3 is 0 Å². The first-order chi connectivity index (χ1) is 16.2. The third kappa shape index (κ3) is 3.81. The Hall–Kier alpha value is -3.40. The second-order valence-corrected chi connectivity index (χ2v) is 9.56. The number of methoxy groups -OCH3 is 1. The number of nitrogens with two attached hydrogens (primary N) is 1. The SMILES string of the molecule is COc1ccc2c(c1)nc(N)n1nc([C@H]3C[C@@H](C)CN(c4cn([C@H](C)[C@@H](C)O)nc4C)C3)nc21. The molecule has 0 aliphatic carbocycles. The summed E-state index contributed by atoms with van der Waals surface area (Å²) in [5, 5.41) is 20.3. The summed E-state index contributed by atoms with van der Waals surface area (Å²) in [6.45, 7) is 9.76. The zero-order valence-electron chi connectivity index (χ0n) is 20.3. The van der Waals surface area contributed by atoms with Gasteiger partial charge in [-0.2, -0.15) is 9.61 Å². The van der Waals surface area contributed by atoms with Gasteiger partial charge < -0.3 is 20.5 Å². The first-order valence-electron chi connectivity index (χ1n) is 11.7. The summed E-state index contributed by atoms with van der Waals surface area (Å²) in [6.07, 6.45) is 2.56. The molecule has 0 amide bonds. The maximum Gasteiger partial charge on any atom is 0.223 e. The summed E-state index contributed by atoms with van der Waals surface area (Å²) in [7, 11) is 1.63. The number of ether oxygens (including phenoxy) is 1. The minimum atomic E-state index is -0.476. The number of aliphatic hydroxyl groups is 1. The molecule has 5 rings (SSSR count). The first-order valence-corrected chi connectivity index (χ1v) is 11.7. The van der Waals surface area contributed by atoms with Gasteiger partial charge in [-0.1, -0.05) is 6.92 Å². The zero-order valence-corrected chi connectivity index (χ0v) is 20.3. The van der Waals surface area contributed by atoms with Gasteiger partial charge in [-0.05, 0) is 45.2 Å². The minimum absolute atomic E-state index is 0.0899. The van der Waals surface area contributed by atoms with E-state index in [0.717, 1.165) is 53.4 Å². The second kappa shape index (κ2) is 8.43. The van der Waals surface area contributed by atoms with E-state index >= 15 is 0 Å². The molecule has 1 saturated heterocycles. The molecule has 4 aromatic rings. The highest BCUT2D eigenvalue weighted by Crippen LogP contribution is 2.34. The Balaban J connectivity index is 1.50. The Labute approximate surface area is 198 Å². The van der Waals surface area contributed by atoms with Crippen LogP contribution in [0.3, 0.4) is 0 Å². The molecular formula is C24H32N8O2. The molecule has 4 atom stereocenters. The van der Waals surface area contributed by atoms with Gasteiger partial charge in [-0.3, -0.25) is 4.68 Å². The zero-order chi connectivity index (χ0) is 24.1. The van der Waals surface area contributed by atoms with Crippen molar-refractivity contribution in [1.29, 1.82) is 0 Å². The number of nitrogen functional groups attached to an aromatic ring is 1. The van der Waals surface area contributed by atoms with Crippen LogP contribution < -0.4 is 15.4 Å². The number of fused-ring (bicyclic) bond motifs is 3. The molecule has 4 heterocycles. The second-order valence-electron chi connectivity index (χ2n) is 9.56. The number of nitrogens with zero attached hydrogens (tertiary/aromatic N) is 7. The van der Waals surface area contributed by atoms with Crippen molar-refractivity contribution in [3.63, 3.8) is 0 Å². The normalized spacial score (nSPS) is 20.7. The summed E-state index contributed by atoms with van der Waals surface area (Å²) >= 11 is 0. The van der Waals surface area contributed by atoms with Crippen molar-refractivity contribution in [2.75, 3.05) is 30.8 Å². The number of hydrogen-bond acceptors (Lipinski definition) is 8. The van der Waals surface area contributed by atoms with E-state index in [0.29, 0.717) is 17.5 Å². The van der Waals surface area contributed by atoms with Gasteiger partial charge in [0.2, 0.25) is 5.95 Å². The maximum absolute atomic E-state index is 10.00. The molecule has 180 valence electrons. The highest BCUT2D eigenvalue weighted by Gasteiger charge is 2.31. The maximum atomic E-state index is 10.00. The van der Waals surface area contributed by atoms with E-state index in [-0.39, 0.29) is 12.0 Å². The Morgan fingerprint density at radius 3 is 2.71 bits per heavy atom. The molecule has 0 bridgehead atoms. The molecule has 10 nitrogen and oxygen atoms in total. The van der Waals surface area contributed by atoms with E-state index in [1.165, 1.54) is 0 Å². The Bertz CT molecular complexity index is 1340. The lowest BCUT2D eigenvalue weighted by Gasteiger charge is -2.36. The fourth-order valence-corrected chi connectivity index (χ4v) is 4.87. The molecule has 0 unspecified atom stereocenters. The molecule has 1 aliphatic rings. The number of rotatable bonds is 5.